The zero-order valence-corrected chi connectivity index (χ0v) is 11.5. The van der Waals surface area contributed by atoms with Crippen LogP contribution in [0, 0.1) is 6.92 Å². The van der Waals surface area contributed by atoms with E-state index >= 15 is 0 Å². The van der Waals surface area contributed by atoms with Crippen LogP contribution in [0.2, 0.25) is 0 Å². The first-order valence-electron chi connectivity index (χ1n) is 6.88. The first kappa shape index (κ1) is 12.8. The van der Waals surface area contributed by atoms with Crippen molar-refractivity contribution in [2.24, 2.45) is 5.11 Å². The largest absolute Gasteiger partial charge is 0.361 e. The highest BCUT2D eigenvalue weighted by Gasteiger charge is 2.16. The molecule has 20 heavy (non-hydrogen) atoms. The second-order valence-electron chi connectivity index (χ2n) is 5.15. The third kappa shape index (κ3) is 2.28. The molecule has 0 radical (unpaired) electrons. The van der Waals surface area contributed by atoms with Crippen LogP contribution in [-0.2, 0) is 19.4 Å². The van der Waals surface area contributed by atoms with Gasteiger partial charge in [-0.2, -0.15) is 0 Å². The van der Waals surface area contributed by atoms with Crippen molar-refractivity contribution in [2.75, 3.05) is 0 Å². The maximum Gasteiger partial charge on any atom is 0.137 e. The molecule has 1 aromatic carbocycles. The first-order valence-corrected chi connectivity index (χ1v) is 6.88. The molecule has 5 nitrogen and oxygen atoms in total. The Morgan fingerprint density at radius 2 is 2.10 bits per heavy atom. The van der Waals surface area contributed by atoms with Crippen molar-refractivity contribution in [3.05, 3.63) is 51.1 Å². The summed E-state index contributed by atoms with van der Waals surface area (Å²) in [5, 5.41) is 7.76. The molecule has 0 atom stereocenters. The molecule has 0 saturated carbocycles. The van der Waals surface area contributed by atoms with Crippen LogP contribution >= 0.6 is 0 Å². The van der Waals surface area contributed by atoms with E-state index in [1.165, 1.54) is 30.4 Å². The number of fused-ring (bicyclic) bond motifs is 1. The van der Waals surface area contributed by atoms with Gasteiger partial charge in [0.1, 0.15) is 11.5 Å². The van der Waals surface area contributed by atoms with Gasteiger partial charge in [0.15, 0.2) is 0 Å². The molecule has 1 aliphatic rings. The molecule has 0 unspecified atom stereocenters. The van der Waals surface area contributed by atoms with Crippen molar-refractivity contribution in [3.63, 3.8) is 0 Å². The van der Waals surface area contributed by atoms with Gasteiger partial charge in [-0.3, -0.25) is 0 Å². The van der Waals surface area contributed by atoms with E-state index in [0.29, 0.717) is 5.76 Å². The smallest absolute Gasteiger partial charge is 0.137 e. The lowest BCUT2D eigenvalue weighted by Crippen LogP contribution is -2.02. The summed E-state index contributed by atoms with van der Waals surface area (Å²) >= 11 is 0. The van der Waals surface area contributed by atoms with Crippen LogP contribution in [0.4, 0.5) is 0 Å². The fraction of sp³-hybridized carbons (Fsp3) is 0.400. The van der Waals surface area contributed by atoms with Crippen molar-refractivity contribution in [2.45, 2.75) is 39.2 Å². The summed E-state index contributed by atoms with van der Waals surface area (Å²) in [5.74, 6) is 0.713. The minimum Gasteiger partial charge on any atom is -0.361 e. The molecule has 0 fully saturated rings. The number of rotatable bonds is 3. The highest BCUT2D eigenvalue weighted by molar-refractivity contribution is 5.65. The van der Waals surface area contributed by atoms with E-state index in [4.69, 9.17) is 10.1 Å². The zero-order chi connectivity index (χ0) is 13.9. The SMILES string of the molecule is Cc1onc(-c2ccc3c(c2)CCCC3)c1CN=[N+]=[N-]. The van der Waals surface area contributed by atoms with E-state index in [-0.39, 0.29) is 6.54 Å². The van der Waals surface area contributed by atoms with Gasteiger partial charge in [0.05, 0.1) is 6.54 Å². The van der Waals surface area contributed by atoms with E-state index in [0.717, 1.165) is 23.2 Å². The van der Waals surface area contributed by atoms with Gasteiger partial charge in [-0.25, -0.2) is 0 Å². The number of azide groups is 1. The van der Waals surface area contributed by atoms with E-state index in [9.17, 15) is 0 Å². The Hall–Kier alpha value is -2.26. The molecule has 5 heteroatoms. The predicted molar refractivity (Wildman–Crippen MR) is 76.2 cm³/mol. The predicted octanol–water partition coefficient (Wildman–Crippen LogP) is 4.34. The fourth-order valence-electron chi connectivity index (χ4n) is 2.79. The highest BCUT2D eigenvalue weighted by atomic mass is 16.5. The molecule has 0 aliphatic heterocycles. The highest BCUT2D eigenvalue weighted by Crippen LogP contribution is 2.30. The van der Waals surface area contributed by atoms with Crippen molar-refractivity contribution >= 4 is 0 Å². The van der Waals surface area contributed by atoms with Crippen LogP contribution in [-0.4, -0.2) is 5.16 Å². The van der Waals surface area contributed by atoms with Crippen LogP contribution in [0.3, 0.4) is 0 Å². The third-order valence-corrected chi connectivity index (χ3v) is 3.90. The standard InChI is InChI=1S/C15H16N4O/c1-10-14(9-17-19-16)15(18-20-10)13-7-6-11-4-2-3-5-12(11)8-13/h6-8H,2-5,9H2,1H3. The van der Waals surface area contributed by atoms with Gasteiger partial charge in [0.2, 0.25) is 0 Å². The van der Waals surface area contributed by atoms with Gasteiger partial charge in [-0.1, -0.05) is 22.4 Å². The number of nitrogens with zero attached hydrogens (tertiary/aromatic N) is 4. The van der Waals surface area contributed by atoms with Gasteiger partial charge >= 0.3 is 0 Å². The molecule has 1 aromatic heterocycles. The van der Waals surface area contributed by atoms with Gasteiger partial charge in [0.25, 0.3) is 0 Å². The van der Waals surface area contributed by atoms with Gasteiger partial charge < -0.3 is 4.52 Å². The van der Waals surface area contributed by atoms with Gasteiger partial charge in [-0.05, 0) is 55.3 Å². The third-order valence-electron chi connectivity index (χ3n) is 3.90. The van der Waals surface area contributed by atoms with Crippen LogP contribution in [0.1, 0.15) is 35.3 Å². The Labute approximate surface area is 117 Å². The lowest BCUT2D eigenvalue weighted by Gasteiger charge is -2.16. The Kier molecular flexibility index (Phi) is 3.44. The van der Waals surface area contributed by atoms with Gasteiger partial charge in [-0.15, -0.1) is 0 Å². The Balaban J connectivity index is 2.02. The normalized spacial score (nSPS) is 13.7. The molecule has 0 saturated heterocycles. The van der Waals surface area contributed by atoms with Crippen LogP contribution in [0.25, 0.3) is 21.7 Å². The van der Waals surface area contributed by atoms with Gasteiger partial charge in [0, 0.05) is 16.0 Å². The lowest BCUT2D eigenvalue weighted by atomic mass is 9.89. The van der Waals surface area contributed by atoms with Crippen LogP contribution in [0.5, 0.6) is 0 Å². The molecule has 3 rings (SSSR count). The summed E-state index contributed by atoms with van der Waals surface area (Å²) in [6.45, 7) is 2.12. The molecule has 0 bridgehead atoms. The van der Waals surface area contributed by atoms with Crippen molar-refractivity contribution < 1.29 is 4.52 Å². The number of aromatic nitrogens is 1. The van der Waals surface area contributed by atoms with Crippen molar-refractivity contribution in [1.29, 1.82) is 0 Å². The number of hydrogen-bond donors (Lipinski definition) is 0. The summed E-state index contributed by atoms with van der Waals surface area (Å²) in [5.41, 5.74) is 14.0. The average molecular weight is 268 g/mol. The molecule has 1 aliphatic carbocycles. The number of hydrogen-bond acceptors (Lipinski definition) is 3. The maximum absolute atomic E-state index is 8.48. The average Bonchev–Trinajstić information content (AvgIpc) is 2.85. The Morgan fingerprint density at radius 1 is 1.30 bits per heavy atom. The quantitative estimate of drug-likeness (QED) is 0.471. The summed E-state index contributed by atoms with van der Waals surface area (Å²) in [6.07, 6.45) is 4.82. The summed E-state index contributed by atoms with van der Waals surface area (Å²) < 4.78 is 5.26. The molecule has 2 aromatic rings. The number of benzene rings is 1. The Bertz CT molecular complexity index is 683. The van der Waals surface area contributed by atoms with E-state index in [1.807, 2.05) is 6.92 Å². The van der Waals surface area contributed by atoms with E-state index in [1.54, 1.807) is 0 Å². The lowest BCUT2D eigenvalue weighted by molar-refractivity contribution is 0.398. The monoisotopic (exact) mass is 268 g/mol. The molecular weight excluding hydrogens is 252 g/mol. The topological polar surface area (TPSA) is 74.8 Å². The molecule has 1 heterocycles. The molecule has 102 valence electrons. The maximum atomic E-state index is 8.48. The second kappa shape index (κ2) is 5.39. The van der Waals surface area contributed by atoms with E-state index in [2.05, 4.69) is 33.4 Å². The molecule has 0 amide bonds. The molecule has 0 N–H and O–H groups in total. The van der Waals surface area contributed by atoms with E-state index < -0.39 is 0 Å². The minimum absolute atomic E-state index is 0.276. The second-order valence-corrected chi connectivity index (χ2v) is 5.15. The molecule has 0 spiro atoms. The summed E-state index contributed by atoms with van der Waals surface area (Å²) in [4.78, 5) is 2.81. The zero-order valence-electron chi connectivity index (χ0n) is 11.5. The summed E-state index contributed by atoms with van der Waals surface area (Å²) in [7, 11) is 0. The Morgan fingerprint density at radius 3 is 2.90 bits per heavy atom. The minimum atomic E-state index is 0.276. The van der Waals surface area contributed by atoms with Crippen molar-refractivity contribution in [3.8, 4) is 11.3 Å². The van der Waals surface area contributed by atoms with Crippen LogP contribution < -0.4 is 0 Å². The van der Waals surface area contributed by atoms with Crippen molar-refractivity contribution in [1.82, 2.24) is 5.16 Å². The van der Waals surface area contributed by atoms with Crippen LogP contribution in [0.15, 0.2) is 27.8 Å². The number of aryl methyl sites for hydroxylation is 3. The first-order chi connectivity index (χ1) is 9.79. The summed E-state index contributed by atoms with van der Waals surface area (Å²) in [6, 6.07) is 6.47. The molecular formula is C15H16N4O. The fourth-order valence-corrected chi connectivity index (χ4v) is 2.79.